The van der Waals surface area contributed by atoms with Gasteiger partial charge in [0, 0.05) is 18.8 Å². The minimum Gasteiger partial charge on any atom is -0.456 e. The standard InChI is InChI=1S/C23H30N2O7S2/c1-5-25(6-2)34(30,31)20-12-9-18(4)21(15-20)24-22(26)16-32-23(27)13-14-33(28,29)19-10-7-17(3)8-11-19/h7-12,15H,5-6,13-14,16H2,1-4H3,(H,24,26). The lowest BCUT2D eigenvalue weighted by molar-refractivity contribution is -0.146. The van der Waals surface area contributed by atoms with Gasteiger partial charge in [-0.05, 0) is 43.7 Å². The molecule has 0 saturated heterocycles. The van der Waals surface area contributed by atoms with Crippen LogP contribution in [0.15, 0.2) is 52.3 Å². The molecule has 9 nitrogen and oxygen atoms in total. The second kappa shape index (κ2) is 11.6. The zero-order valence-electron chi connectivity index (χ0n) is 19.7. The highest BCUT2D eigenvalue weighted by molar-refractivity contribution is 7.91. The van der Waals surface area contributed by atoms with Crippen molar-refractivity contribution < 1.29 is 31.2 Å². The maximum Gasteiger partial charge on any atom is 0.307 e. The number of rotatable bonds is 11. The van der Waals surface area contributed by atoms with Gasteiger partial charge in [-0.3, -0.25) is 9.59 Å². The average molecular weight is 511 g/mol. The number of esters is 1. The van der Waals surface area contributed by atoms with Crippen molar-refractivity contribution in [2.75, 3.05) is 30.8 Å². The average Bonchev–Trinajstić information content (AvgIpc) is 2.78. The van der Waals surface area contributed by atoms with E-state index in [2.05, 4.69) is 5.32 Å². The molecule has 0 fully saturated rings. The van der Waals surface area contributed by atoms with Crippen LogP contribution in [-0.4, -0.2) is 58.5 Å². The third-order valence-electron chi connectivity index (χ3n) is 5.15. The summed E-state index contributed by atoms with van der Waals surface area (Å²) >= 11 is 0. The van der Waals surface area contributed by atoms with E-state index in [-0.39, 0.29) is 15.5 Å². The highest BCUT2D eigenvalue weighted by atomic mass is 32.2. The Bertz CT molecular complexity index is 1230. The third kappa shape index (κ3) is 7.12. The van der Waals surface area contributed by atoms with Gasteiger partial charge >= 0.3 is 5.97 Å². The highest BCUT2D eigenvalue weighted by Crippen LogP contribution is 2.23. The van der Waals surface area contributed by atoms with Gasteiger partial charge in [0.1, 0.15) is 0 Å². The van der Waals surface area contributed by atoms with E-state index in [1.165, 1.54) is 28.6 Å². The SMILES string of the molecule is CCN(CC)S(=O)(=O)c1ccc(C)c(NC(=O)COC(=O)CCS(=O)(=O)c2ccc(C)cc2)c1. The van der Waals surface area contributed by atoms with Crippen molar-refractivity contribution in [3.8, 4) is 0 Å². The summed E-state index contributed by atoms with van der Waals surface area (Å²) in [5.74, 6) is -1.95. The number of benzene rings is 2. The monoisotopic (exact) mass is 510 g/mol. The Labute approximate surface area is 201 Å². The molecule has 11 heteroatoms. The fraction of sp³-hybridized carbons (Fsp3) is 0.391. The van der Waals surface area contributed by atoms with E-state index in [0.717, 1.165) is 5.56 Å². The lowest BCUT2D eigenvalue weighted by Gasteiger charge is -2.19. The summed E-state index contributed by atoms with van der Waals surface area (Å²) in [6.07, 6.45) is -0.403. The molecule has 2 rings (SSSR count). The van der Waals surface area contributed by atoms with E-state index in [1.54, 1.807) is 39.0 Å². The van der Waals surface area contributed by atoms with E-state index in [1.807, 2.05) is 6.92 Å². The van der Waals surface area contributed by atoms with Gasteiger partial charge in [0.25, 0.3) is 5.91 Å². The molecule has 2 aromatic rings. The van der Waals surface area contributed by atoms with Crippen molar-refractivity contribution in [2.24, 2.45) is 0 Å². The first-order chi connectivity index (χ1) is 15.9. The molecular weight excluding hydrogens is 480 g/mol. The van der Waals surface area contributed by atoms with Crippen LogP contribution in [0.25, 0.3) is 0 Å². The summed E-state index contributed by atoms with van der Waals surface area (Å²) in [7, 11) is -7.37. The quantitative estimate of drug-likeness (QED) is 0.461. The lowest BCUT2D eigenvalue weighted by Crippen LogP contribution is -2.30. The number of nitrogens with zero attached hydrogens (tertiary/aromatic N) is 1. The number of hydrogen-bond donors (Lipinski definition) is 1. The fourth-order valence-corrected chi connectivity index (χ4v) is 5.80. The minimum absolute atomic E-state index is 0.0374. The van der Waals surface area contributed by atoms with Crippen LogP contribution in [-0.2, 0) is 34.2 Å². The first-order valence-electron chi connectivity index (χ1n) is 10.8. The van der Waals surface area contributed by atoms with Crippen LogP contribution in [0.1, 0.15) is 31.4 Å². The molecule has 2 aromatic carbocycles. The molecule has 186 valence electrons. The van der Waals surface area contributed by atoms with Crippen molar-refractivity contribution in [3.05, 3.63) is 53.6 Å². The number of carbonyl (C=O) groups excluding carboxylic acids is 2. The van der Waals surface area contributed by atoms with Crippen LogP contribution in [0.5, 0.6) is 0 Å². The molecule has 0 atom stereocenters. The zero-order valence-corrected chi connectivity index (χ0v) is 21.3. The summed E-state index contributed by atoms with van der Waals surface area (Å²) in [5, 5.41) is 2.54. The summed E-state index contributed by atoms with van der Waals surface area (Å²) in [6, 6.07) is 10.7. The van der Waals surface area contributed by atoms with E-state index in [0.29, 0.717) is 18.7 Å². The number of nitrogens with one attached hydrogen (secondary N) is 1. The van der Waals surface area contributed by atoms with Crippen molar-refractivity contribution in [2.45, 2.75) is 43.9 Å². The second-order valence-electron chi connectivity index (χ2n) is 7.66. The molecule has 0 bridgehead atoms. The van der Waals surface area contributed by atoms with Crippen molar-refractivity contribution >= 4 is 37.4 Å². The normalized spacial score (nSPS) is 11.9. The van der Waals surface area contributed by atoms with Gasteiger partial charge < -0.3 is 10.1 Å². The van der Waals surface area contributed by atoms with Gasteiger partial charge in [-0.25, -0.2) is 16.8 Å². The number of anilines is 1. The van der Waals surface area contributed by atoms with E-state index < -0.39 is 50.5 Å². The smallest absolute Gasteiger partial charge is 0.307 e. The number of sulfonamides is 1. The van der Waals surface area contributed by atoms with E-state index in [9.17, 15) is 26.4 Å². The van der Waals surface area contributed by atoms with Gasteiger partial charge in [-0.1, -0.05) is 37.6 Å². The van der Waals surface area contributed by atoms with Crippen molar-refractivity contribution in [1.82, 2.24) is 4.31 Å². The molecule has 34 heavy (non-hydrogen) atoms. The summed E-state index contributed by atoms with van der Waals surface area (Å²) in [4.78, 5) is 24.4. The minimum atomic E-state index is -3.71. The number of carbonyl (C=O) groups is 2. The Morgan fingerprint density at radius 2 is 1.50 bits per heavy atom. The first-order valence-corrected chi connectivity index (χ1v) is 13.9. The molecule has 1 amide bonds. The Balaban J connectivity index is 1.96. The Hall–Kier alpha value is -2.76. The molecular formula is C23H30N2O7S2. The van der Waals surface area contributed by atoms with Crippen LogP contribution >= 0.6 is 0 Å². The van der Waals surface area contributed by atoms with Gasteiger partial charge in [0.15, 0.2) is 16.4 Å². The summed E-state index contributed by atoms with van der Waals surface area (Å²) in [5.41, 5.74) is 1.81. The second-order valence-corrected chi connectivity index (χ2v) is 11.7. The summed E-state index contributed by atoms with van der Waals surface area (Å²) < 4.78 is 56.3. The molecule has 0 saturated carbocycles. The van der Waals surface area contributed by atoms with Gasteiger partial charge in [0.05, 0.1) is 22.0 Å². The number of aryl methyl sites for hydroxylation is 2. The Morgan fingerprint density at radius 3 is 2.09 bits per heavy atom. The number of sulfone groups is 1. The largest absolute Gasteiger partial charge is 0.456 e. The van der Waals surface area contributed by atoms with E-state index in [4.69, 9.17) is 4.74 Å². The molecule has 0 spiro atoms. The lowest BCUT2D eigenvalue weighted by atomic mass is 10.2. The Kier molecular flexibility index (Phi) is 9.37. The van der Waals surface area contributed by atoms with E-state index >= 15 is 0 Å². The van der Waals surface area contributed by atoms with Crippen LogP contribution in [0.4, 0.5) is 5.69 Å². The fourth-order valence-electron chi connectivity index (χ4n) is 3.09. The first kappa shape index (κ1) is 27.5. The molecule has 1 N–H and O–H groups in total. The van der Waals surface area contributed by atoms with Gasteiger partial charge in [-0.15, -0.1) is 0 Å². The molecule has 0 unspecified atom stereocenters. The zero-order chi connectivity index (χ0) is 25.5. The van der Waals surface area contributed by atoms with Crippen LogP contribution in [0.3, 0.4) is 0 Å². The molecule has 0 aromatic heterocycles. The maximum absolute atomic E-state index is 12.7. The van der Waals surface area contributed by atoms with Crippen LogP contribution < -0.4 is 5.32 Å². The predicted octanol–water partition coefficient (Wildman–Crippen LogP) is 2.68. The maximum atomic E-state index is 12.7. The topological polar surface area (TPSA) is 127 Å². The Morgan fingerprint density at radius 1 is 0.912 bits per heavy atom. The van der Waals surface area contributed by atoms with Gasteiger partial charge in [-0.2, -0.15) is 4.31 Å². The number of amides is 1. The molecule has 0 aliphatic carbocycles. The molecule has 0 radical (unpaired) electrons. The summed E-state index contributed by atoms with van der Waals surface area (Å²) in [6.45, 7) is 6.99. The molecule has 0 aliphatic rings. The number of hydrogen-bond acceptors (Lipinski definition) is 7. The van der Waals surface area contributed by atoms with Crippen molar-refractivity contribution in [1.29, 1.82) is 0 Å². The predicted molar refractivity (Wildman–Crippen MR) is 129 cm³/mol. The third-order valence-corrected chi connectivity index (χ3v) is 8.92. The molecule has 0 heterocycles. The van der Waals surface area contributed by atoms with Crippen LogP contribution in [0, 0.1) is 13.8 Å². The van der Waals surface area contributed by atoms with Crippen LogP contribution in [0.2, 0.25) is 0 Å². The highest BCUT2D eigenvalue weighted by Gasteiger charge is 2.23. The molecule has 0 aliphatic heterocycles. The van der Waals surface area contributed by atoms with Gasteiger partial charge in [0.2, 0.25) is 10.0 Å². The van der Waals surface area contributed by atoms with Crippen molar-refractivity contribution in [3.63, 3.8) is 0 Å². The number of ether oxygens (including phenoxy) is 1.